The number of rotatable bonds is 5. The minimum absolute atomic E-state index is 0.0427. The molecule has 0 spiro atoms. The van der Waals surface area contributed by atoms with E-state index in [9.17, 15) is 4.79 Å². The molecule has 0 saturated heterocycles. The van der Waals surface area contributed by atoms with Crippen LogP contribution in [0.4, 0.5) is 0 Å². The molecule has 2 aromatic rings. The van der Waals surface area contributed by atoms with Crippen molar-refractivity contribution in [3.8, 4) is 0 Å². The maximum atomic E-state index is 11.6. The molecular formula is C21H28N4O. The molecule has 1 heterocycles. The maximum absolute atomic E-state index is 11.6. The Balaban J connectivity index is 1.42. The van der Waals surface area contributed by atoms with E-state index >= 15 is 0 Å². The summed E-state index contributed by atoms with van der Waals surface area (Å²) in [6.07, 6.45) is 11.0. The van der Waals surface area contributed by atoms with Gasteiger partial charge in [0.25, 0.3) is 5.91 Å². The first kappa shape index (κ1) is 17.3. The van der Waals surface area contributed by atoms with E-state index in [1.807, 2.05) is 24.3 Å². The summed E-state index contributed by atoms with van der Waals surface area (Å²) < 4.78 is 2.25. The number of nitrogens with one attached hydrogen (secondary N) is 2. The van der Waals surface area contributed by atoms with Crippen LogP contribution in [-0.4, -0.2) is 22.7 Å². The Morgan fingerprint density at radius 3 is 2.65 bits per heavy atom. The molecule has 5 nitrogen and oxygen atoms in total. The molecule has 2 aliphatic rings. The Morgan fingerprint density at radius 2 is 1.92 bits per heavy atom. The van der Waals surface area contributed by atoms with Crippen molar-refractivity contribution in [2.24, 2.45) is 0 Å². The van der Waals surface area contributed by atoms with Crippen LogP contribution in [0.3, 0.4) is 0 Å². The van der Waals surface area contributed by atoms with Crippen LogP contribution in [0.1, 0.15) is 77.8 Å². The first-order valence-corrected chi connectivity index (χ1v) is 9.87. The number of aryl methyl sites for hydroxylation is 1. The van der Waals surface area contributed by atoms with Crippen LogP contribution < -0.4 is 10.6 Å². The van der Waals surface area contributed by atoms with E-state index in [2.05, 4.69) is 21.5 Å². The summed E-state index contributed by atoms with van der Waals surface area (Å²) in [5, 5.41) is 11.3. The number of carbonyl (C=O) groups excluding carboxylic acids is 1. The minimum atomic E-state index is -0.0427. The average molecular weight is 352 g/mol. The Labute approximate surface area is 155 Å². The molecule has 1 saturated carbocycles. The second-order valence-corrected chi connectivity index (χ2v) is 7.56. The van der Waals surface area contributed by atoms with E-state index in [4.69, 9.17) is 5.10 Å². The van der Waals surface area contributed by atoms with Gasteiger partial charge in [-0.05, 0) is 55.4 Å². The van der Waals surface area contributed by atoms with Gasteiger partial charge in [0.1, 0.15) is 0 Å². The quantitative estimate of drug-likeness (QED) is 0.865. The number of benzene rings is 1. The summed E-state index contributed by atoms with van der Waals surface area (Å²) in [5.41, 5.74) is 4.58. The van der Waals surface area contributed by atoms with Crippen molar-refractivity contribution in [2.45, 2.75) is 63.6 Å². The van der Waals surface area contributed by atoms with Crippen molar-refractivity contribution < 1.29 is 4.79 Å². The van der Waals surface area contributed by atoms with Crippen LogP contribution >= 0.6 is 0 Å². The maximum Gasteiger partial charge on any atom is 0.251 e. The zero-order chi connectivity index (χ0) is 17.9. The second kappa shape index (κ2) is 7.62. The molecule has 1 fully saturated rings. The monoisotopic (exact) mass is 352 g/mol. The standard InChI is InChI=1S/C21H28N4O/c1-22-21(26)16-11-9-15(10-12-16)13-23-19-8-4-5-17-14-25(24-20(17)19)18-6-2-3-7-18/h9-12,14,18-19,23H,2-8,13H2,1H3,(H,22,26)/t19-/m1/s1. The Bertz CT molecular complexity index is 759. The van der Waals surface area contributed by atoms with Crippen LogP contribution in [0.15, 0.2) is 30.5 Å². The van der Waals surface area contributed by atoms with Crippen molar-refractivity contribution >= 4 is 5.91 Å². The molecule has 138 valence electrons. The minimum Gasteiger partial charge on any atom is -0.355 e. The van der Waals surface area contributed by atoms with Gasteiger partial charge in [0.15, 0.2) is 0 Å². The van der Waals surface area contributed by atoms with Crippen LogP contribution in [0.2, 0.25) is 0 Å². The normalized spacial score (nSPS) is 20.1. The summed E-state index contributed by atoms with van der Waals surface area (Å²) in [6.45, 7) is 0.800. The lowest BCUT2D eigenvalue weighted by Crippen LogP contribution is -2.25. The molecule has 5 heteroatoms. The third-order valence-electron chi connectivity index (χ3n) is 5.80. The van der Waals surface area contributed by atoms with Crippen molar-refractivity contribution in [1.82, 2.24) is 20.4 Å². The van der Waals surface area contributed by atoms with Crippen LogP contribution in [0.5, 0.6) is 0 Å². The first-order chi connectivity index (χ1) is 12.7. The van der Waals surface area contributed by atoms with Crippen molar-refractivity contribution in [1.29, 1.82) is 0 Å². The van der Waals surface area contributed by atoms with Crippen LogP contribution in [0.25, 0.3) is 0 Å². The van der Waals surface area contributed by atoms with E-state index in [-0.39, 0.29) is 5.91 Å². The predicted octanol–water partition coefficient (Wildman–Crippen LogP) is 3.53. The molecule has 0 radical (unpaired) electrons. The van der Waals surface area contributed by atoms with E-state index in [0.717, 1.165) is 19.4 Å². The smallest absolute Gasteiger partial charge is 0.251 e. The molecule has 1 amide bonds. The highest BCUT2D eigenvalue weighted by molar-refractivity contribution is 5.93. The zero-order valence-corrected chi connectivity index (χ0v) is 15.5. The van der Waals surface area contributed by atoms with Gasteiger partial charge < -0.3 is 10.6 Å². The second-order valence-electron chi connectivity index (χ2n) is 7.56. The Morgan fingerprint density at radius 1 is 1.15 bits per heavy atom. The lowest BCUT2D eigenvalue weighted by Gasteiger charge is -2.22. The van der Waals surface area contributed by atoms with Crippen molar-refractivity contribution in [3.63, 3.8) is 0 Å². The average Bonchev–Trinajstić information content (AvgIpc) is 3.35. The SMILES string of the molecule is CNC(=O)c1ccc(CN[C@@H]2CCCc3cn(C4CCCC4)nc32)cc1. The number of nitrogens with zero attached hydrogens (tertiary/aromatic N) is 2. The topological polar surface area (TPSA) is 59.0 Å². The van der Waals surface area contributed by atoms with Gasteiger partial charge in [-0.1, -0.05) is 25.0 Å². The van der Waals surface area contributed by atoms with E-state index in [1.54, 1.807) is 7.05 Å². The number of hydrogen-bond acceptors (Lipinski definition) is 3. The fourth-order valence-corrected chi connectivity index (χ4v) is 4.28. The van der Waals surface area contributed by atoms with Crippen molar-refractivity contribution in [3.05, 3.63) is 52.8 Å². The summed E-state index contributed by atoms with van der Waals surface area (Å²) in [6, 6.07) is 8.77. The number of hydrogen-bond donors (Lipinski definition) is 2. The molecule has 26 heavy (non-hydrogen) atoms. The van der Waals surface area contributed by atoms with Gasteiger partial charge in [-0.15, -0.1) is 0 Å². The van der Waals surface area contributed by atoms with Crippen molar-refractivity contribution in [2.75, 3.05) is 7.05 Å². The van der Waals surface area contributed by atoms with Gasteiger partial charge in [-0.3, -0.25) is 9.48 Å². The van der Waals surface area contributed by atoms with E-state index < -0.39 is 0 Å². The highest BCUT2D eigenvalue weighted by Crippen LogP contribution is 2.33. The first-order valence-electron chi connectivity index (χ1n) is 9.87. The Kier molecular flexibility index (Phi) is 5.07. The highest BCUT2D eigenvalue weighted by Gasteiger charge is 2.26. The largest absolute Gasteiger partial charge is 0.355 e. The molecule has 1 aromatic heterocycles. The van der Waals surface area contributed by atoms with Crippen LogP contribution in [0, 0.1) is 0 Å². The van der Waals surface area contributed by atoms with E-state index in [0.29, 0.717) is 17.6 Å². The molecule has 0 unspecified atom stereocenters. The third kappa shape index (κ3) is 3.54. The van der Waals surface area contributed by atoms with Gasteiger partial charge in [-0.25, -0.2) is 0 Å². The summed E-state index contributed by atoms with van der Waals surface area (Å²) in [5.74, 6) is -0.0427. The predicted molar refractivity (Wildman–Crippen MR) is 102 cm³/mol. The number of fused-ring (bicyclic) bond motifs is 1. The molecule has 2 aliphatic carbocycles. The number of carbonyl (C=O) groups is 1. The Hall–Kier alpha value is -2.14. The van der Waals surface area contributed by atoms with Gasteiger partial charge in [-0.2, -0.15) is 5.10 Å². The summed E-state index contributed by atoms with van der Waals surface area (Å²) in [4.78, 5) is 11.6. The molecule has 0 bridgehead atoms. The fourth-order valence-electron chi connectivity index (χ4n) is 4.28. The summed E-state index contributed by atoms with van der Waals surface area (Å²) in [7, 11) is 1.66. The molecule has 1 aromatic carbocycles. The highest BCUT2D eigenvalue weighted by atomic mass is 16.1. The lowest BCUT2D eigenvalue weighted by atomic mass is 9.93. The molecule has 0 aliphatic heterocycles. The zero-order valence-electron chi connectivity index (χ0n) is 15.5. The number of amides is 1. The van der Waals surface area contributed by atoms with Gasteiger partial charge in [0.05, 0.1) is 17.8 Å². The molecule has 2 N–H and O–H groups in total. The van der Waals surface area contributed by atoms with Crippen LogP contribution in [-0.2, 0) is 13.0 Å². The summed E-state index contributed by atoms with van der Waals surface area (Å²) >= 11 is 0. The molecular weight excluding hydrogens is 324 g/mol. The molecule has 1 atom stereocenters. The van der Waals surface area contributed by atoms with E-state index in [1.165, 1.54) is 48.9 Å². The lowest BCUT2D eigenvalue weighted by molar-refractivity contribution is 0.0963. The third-order valence-corrected chi connectivity index (χ3v) is 5.80. The van der Waals surface area contributed by atoms with Gasteiger partial charge in [0.2, 0.25) is 0 Å². The molecule has 4 rings (SSSR count). The van der Waals surface area contributed by atoms with Gasteiger partial charge in [0, 0.05) is 25.4 Å². The van der Waals surface area contributed by atoms with Gasteiger partial charge >= 0.3 is 0 Å². The fraction of sp³-hybridized carbons (Fsp3) is 0.524. The number of aromatic nitrogens is 2.